The first-order valence-electron chi connectivity index (χ1n) is 6.31. The van der Waals surface area contributed by atoms with E-state index in [1.165, 1.54) is 18.9 Å². The van der Waals surface area contributed by atoms with Crippen molar-refractivity contribution < 1.29 is 9.47 Å². The van der Waals surface area contributed by atoms with E-state index in [1.807, 2.05) is 6.07 Å². The molecule has 1 fully saturated rings. The predicted octanol–water partition coefficient (Wildman–Crippen LogP) is 1.91. The molecule has 2 aromatic rings. The maximum absolute atomic E-state index is 11.6. The van der Waals surface area contributed by atoms with Crippen molar-refractivity contribution in [2.75, 3.05) is 19.5 Å². The number of fused-ring (bicyclic) bond motifs is 1. The topological polar surface area (TPSA) is 77.3 Å². The zero-order valence-corrected chi connectivity index (χ0v) is 10.7. The van der Waals surface area contributed by atoms with Gasteiger partial charge in [-0.1, -0.05) is 0 Å². The first-order chi connectivity index (χ1) is 9.19. The highest BCUT2D eigenvalue weighted by Crippen LogP contribution is 2.37. The van der Waals surface area contributed by atoms with Crippen LogP contribution in [0.5, 0.6) is 11.5 Å². The van der Waals surface area contributed by atoms with Crippen molar-refractivity contribution in [3.05, 3.63) is 28.6 Å². The van der Waals surface area contributed by atoms with Crippen LogP contribution in [0.3, 0.4) is 0 Å². The monoisotopic (exact) mass is 260 g/mol. The second-order valence-electron chi connectivity index (χ2n) is 4.86. The smallest absolute Gasteiger partial charge is 0.250 e. The molecule has 0 amide bonds. The van der Waals surface area contributed by atoms with Crippen molar-refractivity contribution in [3.8, 4) is 11.5 Å². The number of anilines is 1. The lowest BCUT2D eigenvalue weighted by atomic mass is 10.1. The first-order valence-corrected chi connectivity index (χ1v) is 6.31. The number of H-pyrrole nitrogens is 1. The third-order valence-electron chi connectivity index (χ3n) is 3.35. The molecule has 0 saturated heterocycles. The highest BCUT2D eigenvalue weighted by atomic mass is 16.5. The summed E-state index contributed by atoms with van der Waals surface area (Å²) in [5.74, 6) is 1.79. The van der Waals surface area contributed by atoms with Crippen LogP contribution in [0.1, 0.15) is 12.8 Å². The van der Waals surface area contributed by atoms with Crippen molar-refractivity contribution in [2.24, 2.45) is 5.92 Å². The number of rotatable bonds is 4. The average molecular weight is 260 g/mol. The number of methoxy groups -OCH3 is 1. The van der Waals surface area contributed by atoms with Gasteiger partial charge in [-0.25, -0.2) is 0 Å². The second kappa shape index (κ2) is 4.50. The number of nitrogens with two attached hydrogens (primary N) is 1. The Morgan fingerprint density at radius 3 is 2.89 bits per heavy atom. The van der Waals surface area contributed by atoms with Gasteiger partial charge in [-0.05, 0) is 30.9 Å². The minimum absolute atomic E-state index is 0.241. The van der Waals surface area contributed by atoms with E-state index in [-0.39, 0.29) is 5.56 Å². The Labute approximate surface area is 110 Å². The van der Waals surface area contributed by atoms with Crippen molar-refractivity contribution >= 4 is 16.6 Å². The molecule has 5 heteroatoms. The molecule has 1 saturated carbocycles. The van der Waals surface area contributed by atoms with Gasteiger partial charge in [-0.2, -0.15) is 0 Å². The lowest BCUT2D eigenvalue weighted by molar-refractivity contribution is 0.283. The van der Waals surface area contributed by atoms with Gasteiger partial charge in [0.1, 0.15) is 0 Å². The van der Waals surface area contributed by atoms with Gasteiger partial charge in [0, 0.05) is 17.1 Å². The molecule has 0 bridgehead atoms. The maximum atomic E-state index is 11.6. The predicted molar refractivity (Wildman–Crippen MR) is 73.8 cm³/mol. The zero-order valence-electron chi connectivity index (χ0n) is 10.7. The fraction of sp³-hybridized carbons (Fsp3) is 0.357. The van der Waals surface area contributed by atoms with Crippen LogP contribution < -0.4 is 20.8 Å². The van der Waals surface area contributed by atoms with E-state index in [0.717, 1.165) is 5.39 Å². The Kier molecular flexibility index (Phi) is 2.81. The quantitative estimate of drug-likeness (QED) is 0.880. The molecule has 0 unspecified atom stereocenters. The SMILES string of the molecule is COc1ccc2c(N)cc(=O)[nH]c2c1OCC1CC1. The summed E-state index contributed by atoms with van der Waals surface area (Å²) in [6.45, 7) is 0.645. The van der Waals surface area contributed by atoms with Crippen LogP contribution in [0.2, 0.25) is 0 Å². The van der Waals surface area contributed by atoms with Crippen molar-refractivity contribution in [2.45, 2.75) is 12.8 Å². The molecule has 1 heterocycles. The fourth-order valence-electron chi connectivity index (χ4n) is 2.10. The van der Waals surface area contributed by atoms with E-state index >= 15 is 0 Å². The lowest BCUT2D eigenvalue weighted by Crippen LogP contribution is -2.09. The third kappa shape index (κ3) is 2.23. The van der Waals surface area contributed by atoms with Gasteiger partial charge in [-0.3, -0.25) is 4.79 Å². The van der Waals surface area contributed by atoms with E-state index in [1.54, 1.807) is 13.2 Å². The average Bonchev–Trinajstić information content (AvgIpc) is 3.19. The molecule has 0 radical (unpaired) electrons. The number of ether oxygens (including phenoxy) is 2. The molecule has 1 aliphatic rings. The van der Waals surface area contributed by atoms with Crippen molar-refractivity contribution in [1.82, 2.24) is 4.98 Å². The number of nitrogen functional groups attached to an aromatic ring is 1. The Balaban J connectivity index is 2.14. The Morgan fingerprint density at radius 1 is 1.42 bits per heavy atom. The van der Waals surface area contributed by atoms with Crippen molar-refractivity contribution in [3.63, 3.8) is 0 Å². The molecule has 3 rings (SSSR count). The van der Waals surface area contributed by atoms with Crippen LogP contribution in [0, 0.1) is 5.92 Å². The molecule has 0 spiro atoms. The molecule has 1 aliphatic carbocycles. The number of hydrogen-bond donors (Lipinski definition) is 2. The van der Waals surface area contributed by atoms with Gasteiger partial charge >= 0.3 is 0 Å². The largest absolute Gasteiger partial charge is 0.493 e. The minimum atomic E-state index is -0.241. The normalized spacial score (nSPS) is 14.6. The minimum Gasteiger partial charge on any atom is -0.493 e. The summed E-state index contributed by atoms with van der Waals surface area (Å²) in [6.07, 6.45) is 2.40. The maximum Gasteiger partial charge on any atom is 0.250 e. The van der Waals surface area contributed by atoms with Gasteiger partial charge in [0.05, 0.1) is 19.2 Å². The molecular formula is C14H16N2O3. The fourth-order valence-corrected chi connectivity index (χ4v) is 2.10. The Bertz CT molecular complexity index is 674. The van der Waals surface area contributed by atoms with Gasteiger partial charge in [0.25, 0.3) is 5.56 Å². The molecule has 3 N–H and O–H groups in total. The Morgan fingerprint density at radius 2 is 2.21 bits per heavy atom. The van der Waals surface area contributed by atoms with E-state index in [9.17, 15) is 4.79 Å². The van der Waals surface area contributed by atoms with Crippen molar-refractivity contribution in [1.29, 1.82) is 0 Å². The molecule has 100 valence electrons. The summed E-state index contributed by atoms with van der Waals surface area (Å²) in [7, 11) is 1.58. The molecular weight excluding hydrogens is 244 g/mol. The summed E-state index contributed by atoms with van der Waals surface area (Å²) in [5, 5.41) is 0.770. The van der Waals surface area contributed by atoms with Crippen LogP contribution in [0.25, 0.3) is 10.9 Å². The number of hydrogen-bond acceptors (Lipinski definition) is 4. The zero-order chi connectivity index (χ0) is 13.4. The van der Waals surface area contributed by atoms with Crippen LogP contribution in [-0.2, 0) is 0 Å². The highest BCUT2D eigenvalue weighted by molar-refractivity contribution is 5.95. The van der Waals surface area contributed by atoms with Gasteiger partial charge in [0.15, 0.2) is 11.5 Å². The number of benzene rings is 1. The van der Waals surface area contributed by atoms with Gasteiger partial charge in [-0.15, -0.1) is 0 Å². The molecule has 5 nitrogen and oxygen atoms in total. The summed E-state index contributed by atoms with van der Waals surface area (Å²) in [4.78, 5) is 14.4. The third-order valence-corrected chi connectivity index (χ3v) is 3.35. The molecule has 0 atom stereocenters. The van der Waals surface area contributed by atoms with E-state index in [4.69, 9.17) is 15.2 Å². The number of aromatic amines is 1. The molecule has 1 aromatic carbocycles. The van der Waals surface area contributed by atoms with Crippen LogP contribution >= 0.6 is 0 Å². The van der Waals surface area contributed by atoms with Crippen LogP contribution in [0.4, 0.5) is 5.69 Å². The first kappa shape index (κ1) is 11.9. The number of pyridine rings is 1. The summed E-state index contributed by atoms with van der Waals surface area (Å²) >= 11 is 0. The van der Waals surface area contributed by atoms with Crippen LogP contribution in [-0.4, -0.2) is 18.7 Å². The molecule has 0 aliphatic heterocycles. The van der Waals surface area contributed by atoms with E-state index < -0.39 is 0 Å². The lowest BCUT2D eigenvalue weighted by Gasteiger charge is -2.13. The van der Waals surface area contributed by atoms with Crippen LogP contribution in [0.15, 0.2) is 23.0 Å². The van der Waals surface area contributed by atoms with E-state index in [2.05, 4.69) is 4.98 Å². The van der Waals surface area contributed by atoms with Gasteiger partial charge in [0.2, 0.25) is 0 Å². The summed E-state index contributed by atoms with van der Waals surface area (Å²) < 4.78 is 11.1. The number of aromatic nitrogens is 1. The Hall–Kier alpha value is -2.17. The standard InChI is InChI=1S/C14H16N2O3/c1-18-11-5-4-9-10(15)6-12(17)16-13(9)14(11)19-7-8-2-3-8/h4-6,8H,2-3,7H2,1H3,(H3,15,16,17). The van der Waals surface area contributed by atoms with Gasteiger partial charge < -0.3 is 20.2 Å². The second-order valence-corrected chi connectivity index (χ2v) is 4.86. The molecule has 19 heavy (non-hydrogen) atoms. The molecule has 1 aromatic heterocycles. The summed E-state index contributed by atoms with van der Waals surface area (Å²) in [5.41, 5.74) is 6.67. The highest BCUT2D eigenvalue weighted by Gasteiger charge is 2.23. The summed E-state index contributed by atoms with van der Waals surface area (Å²) in [6, 6.07) is 5.00. The number of nitrogens with one attached hydrogen (secondary N) is 1. The van der Waals surface area contributed by atoms with E-state index in [0.29, 0.717) is 35.2 Å².